The van der Waals surface area contributed by atoms with E-state index >= 15 is 0 Å². The first-order chi connectivity index (χ1) is 13.7. The highest BCUT2D eigenvalue weighted by atomic mass is 16.3. The number of aromatic nitrogens is 1. The van der Waals surface area contributed by atoms with Gasteiger partial charge < -0.3 is 5.11 Å². The molecule has 0 bridgehead atoms. The zero-order valence-corrected chi connectivity index (χ0v) is 16.4. The second-order valence-electron chi connectivity index (χ2n) is 7.16. The van der Waals surface area contributed by atoms with Gasteiger partial charge in [-0.25, -0.2) is 0 Å². The van der Waals surface area contributed by atoms with Crippen LogP contribution in [0.4, 0.5) is 11.4 Å². The third-order valence-corrected chi connectivity index (χ3v) is 4.67. The fourth-order valence-electron chi connectivity index (χ4n) is 3.15. The molecule has 2 heterocycles. The van der Waals surface area contributed by atoms with E-state index in [4.69, 9.17) is 0 Å². The van der Waals surface area contributed by atoms with E-state index < -0.39 is 17.3 Å². The van der Waals surface area contributed by atoms with Crippen LogP contribution < -0.4 is 5.56 Å². The van der Waals surface area contributed by atoms with Crippen molar-refractivity contribution in [3.05, 3.63) is 50.8 Å². The Labute approximate surface area is 166 Å². The standard InChI is InChI=1S/C20H19N5O4/c1-10(2)9-25-18(27)12-6-5-7-14(15(12)19(25)28)22-23-16-11(3)13(8-21)17(26)24(4)20(16)29/h5-7,10,26H,9H2,1-4H3. The Morgan fingerprint density at radius 1 is 1.17 bits per heavy atom. The molecule has 0 radical (unpaired) electrons. The van der Waals surface area contributed by atoms with Crippen LogP contribution in [-0.4, -0.2) is 32.9 Å². The molecule has 0 spiro atoms. The Kier molecular flexibility index (Phi) is 5.03. The molecule has 0 saturated carbocycles. The Hall–Kier alpha value is -3.80. The van der Waals surface area contributed by atoms with E-state index in [-0.39, 0.29) is 52.0 Å². The predicted molar refractivity (Wildman–Crippen MR) is 104 cm³/mol. The Balaban J connectivity index is 2.10. The maximum Gasteiger partial charge on any atom is 0.281 e. The number of azo groups is 1. The number of benzene rings is 1. The molecule has 1 N–H and O–H groups in total. The van der Waals surface area contributed by atoms with Crippen LogP contribution in [0.25, 0.3) is 0 Å². The number of imide groups is 1. The van der Waals surface area contributed by atoms with E-state index in [2.05, 4.69) is 10.2 Å². The number of pyridine rings is 1. The number of aromatic hydroxyl groups is 1. The Morgan fingerprint density at radius 2 is 1.86 bits per heavy atom. The average Bonchev–Trinajstić information content (AvgIpc) is 2.92. The van der Waals surface area contributed by atoms with Crippen molar-refractivity contribution < 1.29 is 14.7 Å². The van der Waals surface area contributed by atoms with Crippen LogP contribution in [-0.2, 0) is 7.05 Å². The minimum Gasteiger partial charge on any atom is -0.493 e. The molecule has 0 aliphatic carbocycles. The van der Waals surface area contributed by atoms with E-state index in [1.165, 1.54) is 24.9 Å². The molecule has 29 heavy (non-hydrogen) atoms. The second kappa shape index (κ2) is 7.31. The number of rotatable bonds is 4. The van der Waals surface area contributed by atoms with Gasteiger partial charge in [-0.15, -0.1) is 10.2 Å². The molecule has 0 unspecified atom stereocenters. The van der Waals surface area contributed by atoms with Crippen LogP contribution in [0.5, 0.6) is 5.88 Å². The van der Waals surface area contributed by atoms with Crippen molar-refractivity contribution in [3.8, 4) is 11.9 Å². The highest BCUT2D eigenvalue weighted by Crippen LogP contribution is 2.33. The number of fused-ring (bicyclic) bond motifs is 1. The zero-order valence-electron chi connectivity index (χ0n) is 16.4. The summed E-state index contributed by atoms with van der Waals surface area (Å²) in [6.45, 7) is 5.56. The number of amides is 2. The molecule has 0 fully saturated rings. The summed E-state index contributed by atoms with van der Waals surface area (Å²) in [6, 6.07) is 6.49. The Morgan fingerprint density at radius 3 is 2.48 bits per heavy atom. The van der Waals surface area contributed by atoms with E-state index in [0.717, 1.165) is 4.57 Å². The van der Waals surface area contributed by atoms with Crippen molar-refractivity contribution >= 4 is 23.2 Å². The summed E-state index contributed by atoms with van der Waals surface area (Å²) in [4.78, 5) is 38.9. The largest absolute Gasteiger partial charge is 0.493 e. The molecular formula is C20H19N5O4. The molecule has 9 heteroatoms. The van der Waals surface area contributed by atoms with E-state index in [0.29, 0.717) is 0 Å². The monoisotopic (exact) mass is 393 g/mol. The SMILES string of the molecule is Cc1c(C#N)c(O)n(C)c(=O)c1N=Nc1cccc2c1C(=O)N(CC(C)C)C2=O. The van der Waals surface area contributed by atoms with Crippen molar-refractivity contribution in [1.82, 2.24) is 9.47 Å². The second-order valence-corrected chi connectivity index (χ2v) is 7.16. The quantitative estimate of drug-likeness (QED) is 0.631. The lowest BCUT2D eigenvalue weighted by Crippen LogP contribution is -2.33. The summed E-state index contributed by atoms with van der Waals surface area (Å²) >= 11 is 0. The van der Waals surface area contributed by atoms with Gasteiger partial charge in [0.15, 0.2) is 5.69 Å². The molecule has 0 saturated heterocycles. The highest BCUT2D eigenvalue weighted by Gasteiger charge is 2.37. The first-order valence-electron chi connectivity index (χ1n) is 8.92. The summed E-state index contributed by atoms with van der Waals surface area (Å²) < 4.78 is 0.897. The summed E-state index contributed by atoms with van der Waals surface area (Å²) in [5.41, 5.74) is -0.160. The fraction of sp³-hybridized carbons (Fsp3) is 0.300. The van der Waals surface area contributed by atoms with E-state index in [1.807, 2.05) is 19.9 Å². The summed E-state index contributed by atoms with van der Waals surface area (Å²) in [5, 5.41) is 27.2. The summed E-state index contributed by atoms with van der Waals surface area (Å²) in [5.74, 6) is -1.20. The smallest absolute Gasteiger partial charge is 0.281 e. The fourth-order valence-corrected chi connectivity index (χ4v) is 3.15. The van der Waals surface area contributed by atoms with Gasteiger partial charge in [-0.1, -0.05) is 19.9 Å². The first kappa shape index (κ1) is 19.9. The summed E-state index contributed by atoms with van der Waals surface area (Å²) in [7, 11) is 1.31. The number of carbonyl (C=O) groups is 2. The lowest BCUT2D eigenvalue weighted by Gasteiger charge is -2.15. The maximum atomic E-state index is 12.8. The Bertz CT molecular complexity index is 1170. The molecule has 9 nitrogen and oxygen atoms in total. The number of hydrogen-bond donors (Lipinski definition) is 1. The van der Waals surface area contributed by atoms with Crippen molar-refractivity contribution in [3.63, 3.8) is 0 Å². The number of carbonyl (C=O) groups excluding carboxylic acids is 2. The third kappa shape index (κ3) is 3.18. The minimum absolute atomic E-state index is 0.0892. The van der Waals surface area contributed by atoms with Gasteiger partial charge >= 0.3 is 0 Å². The van der Waals surface area contributed by atoms with Crippen LogP contribution in [0.15, 0.2) is 33.2 Å². The van der Waals surface area contributed by atoms with Crippen LogP contribution in [0.3, 0.4) is 0 Å². The molecule has 3 rings (SSSR count). The lowest BCUT2D eigenvalue weighted by atomic mass is 10.1. The molecule has 148 valence electrons. The maximum absolute atomic E-state index is 12.8. The molecule has 2 aromatic rings. The normalized spacial score (nSPS) is 13.4. The van der Waals surface area contributed by atoms with Crippen molar-refractivity contribution in [1.29, 1.82) is 5.26 Å². The number of hydrogen-bond acceptors (Lipinski definition) is 7. The van der Waals surface area contributed by atoms with Gasteiger partial charge in [-0.2, -0.15) is 5.26 Å². The summed E-state index contributed by atoms with van der Waals surface area (Å²) in [6.07, 6.45) is 0. The topological polar surface area (TPSA) is 128 Å². The lowest BCUT2D eigenvalue weighted by molar-refractivity contribution is 0.0636. The zero-order chi connectivity index (χ0) is 21.5. The van der Waals surface area contributed by atoms with Crippen LogP contribution in [0.1, 0.15) is 45.7 Å². The van der Waals surface area contributed by atoms with Crippen molar-refractivity contribution in [2.45, 2.75) is 20.8 Å². The first-order valence-corrected chi connectivity index (χ1v) is 8.92. The van der Waals surface area contributed by atoms with Gasteiger partial charge in [0, 0.05) is 19.2 Å². The average molecular weight is 393 g/mol. The van der Waals surface area contributed by atoms with Crippen molar-refractivity contribution in [2.75, 3.05) is 6.54 Å². The van der Waals surface area contributed by atoms with Gasteiger partial charge in [-0.3, -0.25) is 23.9 Å². The van der Waals surface area contributed by atoms with Crippen LogP contribution in [0.2, 0.25) is 0 Å². The van der Waals surface area contributed by atoms with Crippen LogP contribution in [0, 0.1) is 24.2 Å². The molecule has 1 aromatic heterocycles. The van der Waals surface area contributed by atoms with Gasteiger partial charge in [0.2, 0.25) is 5.88 Å². The van der Waals surface area contributed by atoms with Gasteiger partial charge in [0.05, 0.1) is 16.8 Å². The molecule has 1 aliphatic rings. The minimum atomic E-state index is -0.640. The highest BCUT2D eigenvalue weighted by molar-refractivity contribution is 6.23. The number of nitriles is 1. The molecule has 1 aliphatic heterocycles. The molecule has 2 amide bonds. The van der Waals surface area contributed by atoms with E-state index in [1.54, 1.807) is 12.1 Å². The van der Waals surface area contributed by atoms with Crippen molar-refractivity contribution in [2.24, 2.45) is 23.2 Å². The van der Waals surface area contributed by atoms with Crippen LogP contribution >= 0.6 is 0 Å². The van der Waals surface area contributed by atoms with Gasteiger partial charge in [0.25, 0.3) is 17.4 Å². The van der Waals surface area contributed by atoms with Gasteiger partial charge in [-0.05, 0) is 25.0 Å². The van der Waals surface area contributed by atoms with E-state index in [9.17, 15) is 24.8 Å². The molecule has 1 aromatic carbocycles. The number of nitrogens with zero attached hydrogens (tertiary/aromatic N) is 5. The molecular weight excluding hydrogens is 374 g/mol. The van der Waals surface area contributed by atoms with Gasteiger partial charge in [0.1, 0.15) is 11.6 Å². The predicted octanol–water partition coefficient (Wildman–Crippen LogP) is 2.94. The third-order valence-electron chi connectivity index (χ3n) is 4.67. The molecule has 0 atom stereocenters.